The molecule has 8 rings (SSSR count). The van der Waals surface area contributed by atoms with Crippen molar-refractivity contribution in [3.8, 4) is 0 Å². The molecule has 4 aromatic heterocycles. The van der Waals surface area contributed by atoms with Crippen molar-refractivity contribution in [2.75, 3.05) is 33.8 Å². The second-order valence-corrected chi connectivity index (χ2v) is 17.8. The van der Waals surface area contributed by atoms with Crippen molar-refractivity contribution >= 4 is 71.4 Å². The molecule has 1 atom stereocenters. The smallest absolute Gasteiger partial charge is 0.248 e. The molecule has 0 saturated heterocycles. The van der Waals surface area contributed by atoms with Crippen molar-refractivity contribution in [2.24, 2.45) is 0 Å². The standard InChI is InChI=1S/C9H13N3O2S.C9H13N3OS.C8H10BrN3.C8H10ClN3/c1-6-5-10-9(15(2,13)14)12-8(6)11-7-3-4-7;1-6-5-10-9(14(2)13)12-8(6)11-7-3-4-7;2*1-5-4-10-8(9)12-7(5)11-6-2-3-6/h5,7H,3-4H2,1-2H3,(H,10,11,12);5,7H,3-4H2,1-2H3,(H,10,11,12);2*4,6H,2-3H2,1H3,(H,10,11,12). The lowest BCUT2D eigenvalue weighted by atomic mass is 10.3. The molecule has 4 aliphatic rings. The predicted molar refractivity (Wildman–Crippen MR) is 212 cm³/mol. The lowest BCUT2D eigenvalue weighted by Gasteiger charge is -2.07. The summed E-state index contributed by atoms with van der Waals surface area (Å²) < 4.78 is 34.3. The first-order chi connectivity index (χ1) is 25.1. The highest BCUT2D eigenvalue weighted by Gasteiger charge is 2.25. The van der Waals surface area contributed by atoms with E-state index in [1.165, 1.54) is 44.7 Å². The summed E-state index contributed by atoms with van der Waals surface area (Å²) in [6.45, 7) is 7.79. The van der Waals surface area contributed by atoms with Gasteiger partial charge >= 0.3 is 0 Å². The maximum absolute atomic E-state index is 11.2. The lowest BCUT2D eigenvalue weighted by Crippen LogP contribution is -2.10. The van der Waals surface area contributed by atoms with E-state index in [0.717, 1.165) is 58.8 Å². The number of halogens is 2. The number of hydrogen-bond donors (Lipinski definition) is 4. The van der Waals surface area contributed by atoms with Crippen LogP contribution in [0.2, 0.25) is 5.28 Å². The van der Waals surface area contributed by atoms with Gasteiger partial charge in [0.2, 0.25) is 25.4 Å². The van der Waals surface area contributed by atoms with Gasteiger partial charge in [-0.3, -0.25) is 4.21 Å². The summed E-state index contributed by atoms with van der Waals surface area (Å²) >= 11 is 8.90. The number of aromatic nitrogens is 8. The van der Waals surface area contributed by atoms with Crippen molar-refractivity contribution in [3.63, 3.8) is 0 Å². The molecule has 4 saturated carbocycles. The molecular formula is C34H46BrClN12O3S2. The number of anilines is 4. The first-order valence-corrected chi connectivity index (χ1v) is 22.0. The fraction of sp³-hybridized carbons (Fsp3) is 0.529. The molecule has 4 aromatic rings. The molecule has 0 amide bonds. The minimum absolute atomic E-state index is 0.115. The quantitative estimate of drug-likeness (QED) is 0.135. The van der Waals surface area contributed by atoms with Crippen LogP contribution in [0.15, 0.2) is 39.8 Å². The largest absolute Gasteiger partial charge is 0.367 e. The normalized spacial score (nSPS) is 16.7. The molecule has 53 heavy (non-hydrogen) atoms. The van der Waals surface area contributed by atoms with Gasteiger partial charge in [-0.15, -0.1) is 0 Å². The van der Waals surface area contributed by atoms with E-state index in [1.54, 1.807) is 18.6 Å². The highest BCUT2D eigenvalue weighted by molar-refractivity contribution is 9.10. The molecule has 4 fully saturated rings. The molecule has 0 spiro atoms. The van der Waals surface area contributed by atoms with Gasteiger partial charge < -0.3 is 21.3 Å². The van der Waals surface area contributed by atoms with E-state index in [4.69, 9.17) is 11.6 Å². The molecule has 0 radical (unpaired) electrons. The van der Waals surface area contributed by atoms with Crippen molar-refractivity contribution in [1.82, 2.24) is 39.9 Å². The third-order valence-corrected chi connectivity index (χ3v) is 10.2. The first kappa shape index (κ1) is 40.6. The Hall–Kier alpha value is -3.61. The van der Waals surface area contributed by atoms with Gasteiger partial charge in [0, 0.05) is 83.7 Å². The van der Waals surface area contributed by atoms with Crippen LogP contribution in [0, 0.1) is 27.7 Å². The maximum Gasteiger partial charge on any atom is 0.248 e. The second-order valence-electron chi connectivity index (χ2n) is 13.6. The van der Waals surface area contributed by atoms with Crippen LogP contribution in [0.25, 0.3) is 0 Å². The molecule has 286 valence electrons. The SMILES string of the molecule is Cc1cnc(Br)nc1NC1CC1.Cc1cnc(Cl)nc1NC1CC1.Cc1cnc(S(C)(=O)=O)nc1NC1CC1.Cc1cnc(S(C)=O)nc1NC1CC1. The molecule has 1 unspecified atom stereocenters. The topological polar surface area (TPSA) is 202 Å². The zero-order valence-corrected chi connectivity index (χ0v) is 34.6. The molecule has 4 heterocycles. The summed E-state index contributed by atoms with van der Waals surface area (Å²) in [5.41, 5.74) is 4.02. The van der Waals surface area contributed by atoms with E-state index in [-0.39, 0.29) is 5.16 Å². The van der Waals surface area contributed by atoms with Gasteiger partial charge in [0.15, 0.2) is 4.73 Å². The number of nitrogens with one attached hydrogen (secondary N) is 4. The number of rotatable bonds is 10. The third kappa shape index (κ3) is 14.0. The Morgan fingerprint density at radius 2 is 1.00 bits per heavy atom. The van der Waals surface area contributed by atoms with E-state index in [0.29, 0.717) is 45.2 Å². The van der Waals surface area contributed by atoms with E-state index >= 15 is 0 Å². The average Bonchev–Trinajstić information content (AvgIpc) is 3.87. The number of sulfone groups is 1. The second kappa shape index (κ2) is 18.1. The Kier molecular flexibility index (Phi) is 13.9. The van der Waals surface area contributed by atoms with E-state index in [9.17, 15) is 12.6 Å². The van der Waals surface area contributed by atoms with Gasteiger partial charge in [0.1, 0.15) is 23.3 Å². The molecule has 0 bridgehead atoms. The Bertz CT molecular complexity index is 1970. The summed E-state index contributed by atoms with van der Waals surface area (Å²) in [6.07, 6.45) is 19.2. The Labute approximate surface area is 326 Å². The Morgan fingerprint density at radius 3 is 1.43 bits per heavy atom. The van der Waals surface area contributed by atoms with Crippen LogP contribution in [0.3, 0.4) is 0 Å². The molecule has 4 aliphatic carbocycles. The van der Waals surface area contributed by atoms with Gasteiger partial charge in [0.05, 0.1) is 10.8 Å². The van der Waals surface area contributed by atoms with Gasteiger partial charge in [-0.25, -0.2) is 48.3 Å². The molecule has 0 aliphatic heterocycles. The van der Waals surface area contributed by atoms with Crippen molar-refractivity contribution < 1.29 is 12.6 Å². The zero-order chi connectivity index (χ0) is 38.3. The summed E-state index contributed by atoms with van der Waals surface area (Å²) in [4.78, 5) is 32.3. The van der Waals surface area contributed by atoms with E-state index in [2.05, 4.69) is 77.1 Å². The number of nitrogens with zero attached hydrogens (tertiary/aromatic N) is 8. The highest BCUT2D eigenvalue weighted by Crippen LogP contribution is 2.28. The molecule has 15 nitrogen and oxygen atoms in total. The number of aryl methyl sites for hydroxylation is 4. The lowest BCUT2D eigenvalue weighted by molar-refractivity contribution is 0.593. The van der Waals surface area contributed by atoms with Crippen LogP contribution < -0.4 is 21.3 Å². The predicted octanol–water partition coefficient (Wildman–Crippen LogP) is 5.99. The van der Waals surface area contributed by atoms with E-state index < -0.39 is 20.6 Å². The maximum atomic E-state index is 11.2. The summed E-state index contributed by atoms with van der Waals surface area (Å²) in [6, 6.07) is 2.26. The van der Waals surface area contributed by atoms with Crippen LogP contribution in [0.1, 0.15) is 73.6 Å². The monoisotopic (exact) mass is 848 g/mol. The minimum Gasteiger partial charge on any atom is -0.367 e. The van der Waals surface area contributed by atoms with Gasteiger partial charge in [-0.05, 0) is 107 Å². The third-order valence-electron chi connectivity index (χ3n) is 8.05. The summed E-state index contributed by atoms with van der Waals surface area (Å²) in [7, 11) is -4.42. The van der Waals surface area contributed by atoms with Crippen LogP contribution in [-0.4, -0.2) is 89.2 Å². The van der Waals surface area contributed by atoms with Gasteiger partial charge in [-0.2, -0.15) is 0 Å². The average molecular weight is 850 g/mol. The molecule has 19 heteroatoms. The first-order valence-electron chi connectivity index (χ1n) is 17.4. The molecule has 0 aromatic carbocycles. The van der Waals surface area contributed by atoms with Crippen LogP contribution in [0.4, 0.5) is 23.3 Å². The number of hydrogen-bond acceptors (Lipinski definition) is 15. The molecule has 4 N–H and O–H groups in total. The fourth-order valence-electron chi connectivity index (χ4n) is 4.28. The fourth-order valence-corrected chi connectivity index (χ4v) is 5.61. The minimum atomic E-state index is -3.32. The zero-order valence-electron chi connectivity index (χ0n) is 30.7. The van der Waals surface area contributed by atoms with Gasteiger partial charge in [-0.1, -0.05) is 0 Å². The van der Waals surface area contributed by atoms with Crippen molar-refractivity contribution in [2.45, 2.75) is 114 Å². The summed E-state index contributed by atoms with van der Waals surface area (Å²) in [5.74, 6) is 3.29. The van der Waals surface area contributed by atoms with Crippen molar-refractivity contribution in [1.29, 1.82) is 0 Å². The summed E-state index contributed by atoms with van der Waals surface area (Å²) in [5, 5.41) is 13.7. The van der Waals surface area contributed by atoms with Gasteiger partial charge in [0.25, 0.3) is 0 Å². The van der Waals surface area contributed by atoms with Crippen LogP contribution >= 0.6 is 27.5 Å². The Balaban J connectivity index is 0.000000137. The molecular weight excluding hydrogens is 804 g/mol. The van der Waals surface area contributed by atoms with Crippen LogP contribution in [-0.2, 0) is 20.6 Å². The van der Waals surface area contributed by atoms with E-state index in [1.807, 2.05) is 33.9 Å². The van der Waals surface area contributed by atoms with Crippen LogP contribution in [0.5, 0.6) is 0 Å². The van der Waals surface area contributed by atoms with Crippen molar-refractivity contribution in [3.05, 3.63) is 57.1 Å². The highest BCUT2D eigenvalue weighted by atomic mass is 79.9. The Morgan fingerprint density at radius 1 is 0.623 bits per heavy atom.